The second-order valence-electron chi connectivity index (χ2n) is 7.41. The van der Waals surface area contributed by atoms with Crippen LogP contribution in [0.15, 0.2) is 12.2 Å². The van der Waals surface area contributed by atoms with E-state index in [0.29, 0.717) is 6.42 Å². The highest BCUT2D eigenvalue weighted by molar-refractivity contribution is 5.84. The molecule has 0 aromatic rings. The molecule has 0 spiro atoms. The molecule has 0 bridgehead atoms. The fourth-order valence-electron chi connectivity index (χ4n) is 3.77. The van der Waals surface area contributed by atoms with Crippen molar-refractivity contribution in [2.75, 3.05) is 0 Å². The van der Waals surface area contributed by atoms with Gasteiger partial charge in [-0.15, -0.1) is 0 Å². The van der Waals surface area contributed by atoms with Gasteiger partial charge >= 0.3 is 5.97 Å². The van der Waals surface area contributed by atoms with Gasteiger partial charge in [-0.3, -0.25) is 9.59 Å². The summed E-state index contributed by atoms with van der Waals surface area (Å²) in [6, 6.07) is 0. The zero-order valence-corrected chi connectivity index (χ0v) is 15.8. The first-order valence-electron chi connectivity index (χ1n) is 10.1. The maximum atomic E-state index is 12.2. The van der Waals surface area contributed by atoms with Gasteiger partial charge < -0.3 is 10.2 Å². The number of carbonyl (C=O) groups excluding carboxylic acids is 1. The Morgan fingerprint density at radius 1 is 1.08 bits per heavy atom. The molecule has 4 heteroatoms. The van der Waals surface area contributed by atoms with Crippen molar-refractivity contribution in [2.24, 2.45) is 11.8 Å². The zero-order chi connectivity index (χ0) is 18.5. The van der Waals surface area contributed by atoms with Crippen molar-refractivity contribution in [1.82, 2.24) is 0 Å². The Bertz CT molecular complexity index is 416. The second-order valence-corrected chi connectivity index (χ2v) is 7.41. The van der Waals surface area contributed by atoms with Crippen molar-refractivity contribution in [3.05, 3.63) is 12.2 Å². The lowest BCUT2D eigenvalue weighted by Crippen LogP contribution is -2.20. The summed E-state index contributed by atoms with van der Waals surface area (Å²) in [6.07, 6.45) is 15.6. The van der Waals surface area contributed by atoms with Gasteiger partial charge in [0.2, 0.25) is 0 Å². The molecule has 0 amide bonds. The van der Waals surface area contributed by atoms with Crippen LogP contribution in [0.3, 0.4) is 0 Å². The minimum absolute atomic E-state index is 0.00862. The number of hydrogen-bond donors (Lipinski definition) is 2. The number of aliphatic hydroxyl groups excluding tert-OH is 1. The molecular formula is C21H36O4. The monoisotopic (exact) mass is 352 g/mol. The van der Waals surface area contributed by atoms with Gasteiger partial charge in [-0.1, -0.05) is 57.6 Å². The van der Waals surface area contributed by atoms with Crippen LogP contribution in [0.25, 0.3) is 0 Å². The summed E-state index contributed by atoms with van der Waals surface area (Å²) in [4.78, 5) is 22.6. The summed E-state index contributed by atoms with van der Waals surface area (Å²) in [7, 11) is 0. The number of ketones is 1. The number of hydrogen-bond acceptors (Lipinski definition) is 3. The van der Waals surface area contributed by atoms with E-state index in [-0.39, 0.29) is 24.0 Å². The smallest absolute Gasteiger partial charge is 0.303 e. The van der Waals surface area contributed by atoms with E-state index in [1.54, 1.807) is 0 Å². The molecule has 1 saturated carbocycles. The number of rotatable bonds is 14. The lowest BCUT2D eigenvalue weighted by atomic mass is 9.86. The highest BCUT2D eigenvalue weighted by Gasteiger charge is 2.39. The molecule has 0 aromatic heterocycles. The van der Waals surface area contributed by atoms with Crippen LogP contribution in [0.5, 0.6) is 0 Å². The van der Waals surface area contributed by atoms with Crippen molar-refractivity contribution in [2.45, 2.75) is 96.5 Å². The van der Waals surface area contributed by atoms with Crippen LogP contribution < -0.4 is 0 Å². The Hall–Kier alpha value is -1.16. The second kappa shape index (κ2) is 13.1. The Labute approximate surface area is 152 Å². The van der Waals surface area contributed by atoms with Crippen LogP contribution in [-0.4, -0.2) is 28.1 Å². The molecule has 2 N–H and O–H groups in total. The average Bonchev–Trinajstić information content (AvgIpc) is 2.83. The third-order valence-electron chi connectivity index (χ3n) is 5.29. The first-order valence-corrected chi connectivity index (χ1v) is 10.1. The maximum Gasteiger partial charge on any atom is 0.303 e. The van der Waals surface area contributed by atoms with Gasteiger partial charge in [0.25, 0.3) is 0 Å². The van der Waals surface area contributed by atoms with Gasteiger partial charge in [0.15, 0.2) is 0 Å². The molecule has 144 valence electrons. The van der Waals surface area contributed by atoms with Gasteiger partial charge in [-0.05, 0) is 38.0 Å². The Kier molecular flexibility index (Phi) is 11.5. The van der Waals surface area contributed by atoms with Gasteiger partial charge in [-0.2, -0.15) is 0 Å². The van der Waals surface area contributed by atoms with Crippen molar-refractivity contribution in [3.63, 3.8) is 0 Å². The summed E-state index contributed by atoms with van der Waals surface area (Å²) < 4.78 is 0. The van der Waals surface area contributed by atoms with Gasteiger partial charge in [0.1, 0.15) is 5.78 Å². The van der Waals surface area contributed by atoms with E-state index in [0.717, 1.165) is 51.4 Å². The molecule has 0 heterocycles. The van der Waals surface area contributed by atoms with Crippen LogP contribution in [-0.2, 0) is 9.59 Å². The van der Waals surface area contributed by atoms with E-state index >= 15 is 0 Å². The number of allylic oxidation sites excluding steroid dienone is 2. The summed E-state index contributed by atoms with van der Waals surface area (Å²) in [5.74, 6) is -0.407. The van der Waals surface area contributed by atoms with E-state index in [9.17, 15) is 14.7 Å². The van der Waals surface area contributed by atoms with Crippen LogP contribution >= 0.6 is 0 Å². The van der Waals surface area contributed by atoms with Gasteiger partial charge in [-0.25, -0.2) is 0 Å². The highest BCUT2D eigenvalue weighted by Crippen LogP contribution is 2.35. The summed E-state index contributed by atoms with van der Waals surface area (Å²) in [6.45, 7) is 2.20. The lowest BCUT2D eigenvalue weighted by Gasteiger charge is -2.19. The highest BCUT2D eigenvalue weighted by atomic mass is 16.4. The minimum atomic E-state index is -0.726. The van der Waals surface area contributed by atoms with Gasteiger partial charge in [0.05, 0.1) is 6.10 Å². The molecule has 0 saturated heterocycles. The molecule has 1 rings (SSSR count). The normalized spacial score (nSPS) is 23.6. The number of carbonyl (C=O) groups is 2. The van der Waals surface area contributed by atoms with Crippen LogP contribution in [0.2, 0.25) is 0 Å². The van der Waals surface area contributed by atoms with Crippen LogP contribution in [0, 0.1) is 11.8 Å². The van der Waals surface area contributed by atoms with Crippen LogP contribution in [0.1, 0.15) is 90.4 Å². The molecule has 1 aliphatic rings. The van der Waals surface area contributed by atoms with Crippen molar-refractivity contribution in [3.8, 4) is 0 Å². The van der Waals surface area contributed by atoms with Crippen LogP contribution in [0.4, 0.5) is 0 Å². The Morgan fingerprint density at radius 2 is 1.80 bits per heavy atom. The van der Waals surface area contributed by atoms with Crippen molar-refractivity contribution >= 4 is 11.8 Å². The predicted octanol–water partition coefficient (Wildman–Crippen LogP) is 4.89. The Balaban J connectivity index is 2.24. The Morgan fingerprint density at radius 3 is 2.52 bits per heavy atom. The quantitative estimate of drug-likeness (QED) is 0.344. The van der Waals surface area contributed by atoms with Gasteiger partial charge in [0, 0.05) is 18.8 Å². The molecule has 0 radical (unpaired) electrons. The number of aliphatic carboxylic acids is 1. The molecule has 1 aliphatic carbocycles. The van der Waals surface area contributed by atoms with E-state index in [4.69, 9.17) is 5.11 Å². The van der Waals surface area contributed by atoms with Crippen molar-refractivity contribution in [1.29, 1.82) is 0 Å². The first kappa shape index (κ1) is 21.9. The predicted molar refractivity (Wildman–Crippen MR) is 100 cm³/mol. The fraction of sp³-hybridized carbons (Fsp3) is 0.810. The molecule has 3 atom stereocenters. The standard InChI is InChI=1S/C21H36O4/c1-2-3-4-5-7-10-13-17-18(20(23)16-19(17)22)14-11-8-6-9-12-15-21(24)25/h7,10,17-19,22H,2-6,8-9,11-16H2,1H3,(H,24,25). The molecular weight excluding hydrogens is 316 g/mol. The SMILES string of the molecule is CCCCCC=CCC1C(O)CC(=O)C1CCCCCCCC(=O)O. The van der Waals surface area contributed by atoms with E-state index < -0.39 is 12.1 Å². The first-order chi connectivity index (χ1) is 12.1. The molecule has 25 heavy (non-hydrogen) atoms. The van der Waals surface area contributed by atoms with E-state index in [1.807, 2.05) is 0 Å². The summed E-state index contributed by atoms with van der Waals surface area (Å²) in [5, 5.41) is 18.8. The minimum Gasteiger partial charge on any atom is -0.481 e. The van der Waals surface area contributed by atoms with E-state index in [2.05, 4.69) is 19.1 Å². The third kappa shape index (κ3) is 9.20. The average molecular weight is 353 g/mol. The number of aliphatic hydroxyl groups is 1. The largest absolute Gasteiger partial charge is 0.481 e. The molecule has 0 aliphatic heterocycles. The fourth-order valence-corrected chi connectivity index (χ4v) is 3.77. The number of carboxylic acids is 1. The van der Waals surface area contributed by atoms with E-state index in [1.165, 1.54) is 19.3 Å². The lowest BCUT2D eigenvalue weighted by molar-refractivity contribution is -0.137. The molecule has 0 aromatic carbocycles. The number of Topliss-reactive ketones (excluding diaryl/α,β-unsaturated/α-hetero) is 1. The zero-order valence-electron chi connectivity index (χ0n) is 15.8. The van der Waals surface area contributed by atoms with Crippen molar-refractivity contribution < 1.29 is 19.8 Å². The summed E-state index contributed by atoms with van der Waals surface area (Å²) >= 11 is 0. The molecule has 4 nitrogen and oxygen atoms in total. The number of unbranched alkanes of at least 4 members (excludes halogenated alkanes) is 7. The molecule has 1 fully saturated rings. The number of carboxylic acid groups (broad SMARTS) is 1. The molecule has 3 unspecified atom stereocenters. The maximum absolute atomic E-state index is 12.2. The topological polar surface area (TPSA) is 74.6 Å². The summed E-state index contributed by atoms with van der Waals surface area (Å²) in [5.41, 5.74) is 0. The third-order valence-corrected chi connectivity index (χ3v) is 5.29.